The molecule has 0 fully saturated rings. The number of amides is 1. The van der Waals surface area contributed by atoms with Gasteiger partial charge in [0, 0.05) is 10.9 Å². The van der Waals surface area contributed by atoms with E-state index >= 15 is 0 Å². The average Bonchev–Trinajstić information content (AvgIpc) is 3.02. The van der Waals surface area contributed by atoms with Crippen molar-refractivity contribution in [1.82, 2.24) is 15.1 Å². The predicted molar refractivity (Wildman–Crippen MR) is 95.1 cm³/mol. The third kappa shape index (κ3) is 3.48. The summed E-state index contributed by atoms with van der Waals surface area (Å²) in [4.78, 5) is 14.0. The van der Waals surface area contributed by atoms with Gasteiger partial charge in [0.1, 0.15) is 10.6 Å². The lowest BCUT2D eigenvalue weighted by Gasteiger charge is -2.19. The number of rotatable bonds is 3. The summed E-state index contributed by atoms with van der Waals surface area (Å²) in [7, 11) is 0. The second-order valence-corrected chi connectivity index (χ2v) is 7.93. The maximum Gasteiger partial charge on any atom is 0.261 e. The molecule has 24 heavy (non-hydrogen) atoms. The van der Waals surface area contributed by atoms with Crippen LogP contribution >= 0.6 is 11.3 Å². The Morgan fingerprint density at radius 1 is 1.29 bits per heavy atom. The smallest absolute Gasteiger partial charge is 0.261 e. The first-order valence-electron chi connectivity index (χ1n) is 7.77. The lowest BCUT2D eigenvalue weighted by Crippen LogP contribution is -2.40. The van der Waals surface area contributed by atoms with Gasteiger partial charge in [-0.3, -0.25) is 9.48 Å². The van der Waals surface area contributed by atoms with Crippen LogP contribution < -0.4 is 5.32 Å². The minimum absolute atomic E-state index is 0.0727. The molecule has 1 aromatic carbocycles. The van der Waals surface area contributed by atoms with Gasteiger partial charge in [0.15, 0.2) is 0 Å². The fourth-order valence-corrected chi connectivity index (χ4v) is 3.55. The van der Waals surface area contributed by atoms with Crippen LogP contribution in [0.25, 0.3) is 10.2 Å². The highest BCUT2D eigenvalue weighted by Gasteiger charge is 2.20. The number of hydrogen-bond acceptors (Lipinski definition) is 3. The van der Waals surface area contributed by atoms with Crippen LogP contribution in [0.3, 0.4) is 0 Å². The summed E-state index contributed by atoms with van der Waals surface area (Å²) in [6.45, 7) is 8.35. The van der Waals surface area contributed by atoms with Crippen molar-refractivity contribution in [2.45, 2.75) is 39.8 Å². The molecule has 0 spiro atoms. The van der Waals surface area contributed by atoms with Crippen molar-refractivity contribution in [2.75, 3.05) is 0 Å². The van der Waals surface area contributed by atoms with Gasteiger partial charge in [-0.25, -0.2) is 4.39 Å². The highest BCUT2D eigenvalue weighted by atomic mass is 32.1. The summed E-state index contributed by atoms with van der Waals surface area (Å²) in [6.07, 6.45) is 0. The molecule has 4 nitrogen and oxygen atoms in total. The Labute approximate surface area is 144 Å². The van der Waals surface area contributed by atoms with Gasteiger partial charge in [-0.1, -0.05) is 12.1 Å². The van der Waals surface area contributed by atoms with Gasteiger partial charge < -0.3 is 5.32 Å². The van der Waals surface area contributed by atoms with Gasteiger partial charge in [-0.15, -0.1) is 11.3 Å². The molecule has 0 aliphatic rings. The maximum atomic E-state index is 13.0. The zero-order valence-electron chi connectivity index (χ0n) is 14.2. The quantitative estimate of drug-likeness (QED) is 0.776. The van der Waals surface area contributed by atoms with Crippen molar-refractivity contribution in [3.05, 3.63) is 52.3 Å². The molecule has 1 amide bonds. The van der Waals surface area contributed by atoms with Crippen molar-refractivity contribution >= 4 is 27.5 Å². The fourth-order valence-electron chi connectivity index (χ4n) is 2.50. The summed E-state index contributed by atoms with van der Waals surface area (Å²) < 4.78 is 14.9. The topological polar surface area (TPSA) is 46.9 Å². The molecule has 0 aliphatic carbocycles. The van der Waals surface area contributed by atoms with E-state index in [2.05, 4.69) is 10.4 Å². The molecule has 126 valence electrons. The van der Waals surface area contributed by atoms with Crippen LogP contribution in [0.4, 0.5) is 4.39 Å². The Kier molecular flexibility index (Phi) is 4.17. The van der Waals surface area contributed by atoms with E-state index in [-0.39, 0.29) is 17.3 Å². The van der Waals surface area contributed by atoms with E-state index in [1.54, 1.807) is 12.1 Å². The van der Waals surface area contributed by atoms with Gasteiger partial charge in [0.25, 0.3) is 5.91 Å². The second kappa shape index (κ2) is 6.02. The third-order valence-electron chi connectivity index (χ3n) is 3.57. The molecule has 2 heterocycles. The molecule has 0 radical (unpaired) electrons. The molecule has 0 saturated carbocycles. The van der Waals surface area contributed by atoms with Crippen molar-refractivity contribution < 1.29 is 9.18 Å². The zero-order valence-corrected chi connectivity index (χ0v) is 15.0. The van der Waals surface area contributed by atoms with Crippen molar-refractivity contribution in [3.63, 3.8) is 0 Å². The molecule has 0 unspecified atom stereocenters. The Morgan fingerprint density at radius 3 is 2.58 bits per heavy atom. The minimum Gasteiger partial charge on any atom is -0.347 e. The van der Waals surface area contributed by atoms with Crippen molar-refractivity contribution in [3.8, 4) is 0 Å². The van der Waals surface area contributed by atoms with Gasteiger partial charge in [-0.05, 0) is 51.5 Å². The first-order chi connectivity index (χ1) is 11.2. The van der Waals surface area contributed by atoms with Crippen LogP contribution in [0.15, 0.2) is 30.3 Å². The van der Waals surface area contributed by atoms with Crippen LogP contribution in [0.2, 0.25) is 0 Å². The van der Waals surface area contributed by atoms with E-state index < -0.39 is 0 Å². The summed E-state index contributed by atoms with van der Waals surface area (Å²) in [5, 5.41) is 8.51. The average molecular weight is 345 g/mol. The molecule has 0 bridgehead atoms. The lowest BCUT2D eigenvalue weighted by molar-refractivity contribution is 0.0924. The number of aromatic nitrogens is 2. The molecule has 1 N–H and O–H groups in total. The summed E-state index contributed by atoms with van der Waals surface area (Å²) >= 11 is 1.43. The molecule has 6 heteroatoms. The molecule has 3 aromatic rings. The number of benzene rings is 1. The highest BCUT2D eigenvalue weighted by Crippen LogP contribution is 2.29. The maximum absolute atomic E-state index is 13.0. The van der Waals surface area contributed by atoms with E-state index in [0.29, 0.717) is 11.4 Å². The number of aryl methyl sites for hydroxylation is 1. The van der Waals surface area contributed by atoms with Crippen LogP contribution in [-0.4, -0.2) is 21.2 Å². The Balaban J connectivity index is 1.92. The molecule has 2 aromatic heterocycles. The van der Waals surface area contributed by atoms with E-state index in [1.165, 1.54) is 23.5 Å². The SMILES string of the molecule is Cc1nn(Cc2ccc(F)cc2)c2sc(C(=O)NC(C)(C)C)cc12. The van der Waals surface area contributed by atoms with Gasteiger partial charge >= 0.3 is 0 Å². The first-order valence-corrected chi connectivity index (χ1v) is 8.58. The molecule has 0 aliphatic heterocycles. The van der Waals surface area contributed by atoms with E-state index in [9.17, 15) is 9.18 Å². The second-order valence-electron chi connectivity index (χ2n) is 6.90. The summed E-state index contributed by atoms with van der Waals surface area (Å²) in [5.74, 6) is -0.325. The normalized spacial score (nSPS) is 11.9. The van der Waals surface area contributed by atoms with E-state index in [4.69, 9.17) is 0 Å². The minimum atomic E-state index is -0.275. The van der Waals surface area contributed by atoms with Crippen LogP contribution in [0, 0.1) is 12.7 Å². The largest absolute Gasteiger partial charge is 0.347 e. The molecule has 0 atom stereocenters. The zero-order chi connectivity index (χ0) is 17.5. The number of carbonyl (C=O) groups is 1. The van der Waals surface area contributed by atoms with Crippen LogP contribution in [0.1, 0.15) is 41.7 Å². The molecule has 3 rings (SSSR count). The van der Waals surface area contributed by atoms with Crippen LogP contribution in [0.5, 0.6) is 0 Å². The molecular weight excluding hydrogens is 325 g/mol. The summed E-state index contributed by atoms with van der Waals surface area (Å²) in [5.41, 5.74) is 1.58. The van der Waals surface area contributed by atoms with Gasteiger partial charge in [-0.2, -0.15) is 5.10 Å². The Morgan fingerprint density at radius 2 is 1.96 bits per heavy atom. The number of fused-ring (bicyclic) bond motifs is 1. The number of carbonyl (C=O) groups excluding carboxylic acids is 1. The van der Waals surface area contributed by atoms with E-state index in [0.717, 1.165) is 21.5 Å². The molecular formula is C18H20FN3OS. The highest BCUT2D eigenvalue weighted by molar-refractivity contribution is 7.20. The number of hydrogen-bond donors (Lipinski definition) is 1. The number of thiophene rings is 1. The van der Waals surface area contributed by atoms with Crippen molar-refractivity contribution in [2.24, 2.45) is 0 Å². The third-order valence-corrected chi connectivity index (χ3v) is 4.71. The number of nitrogens with one attached hydrogen (secondary N) is 1. The van der Waals surface area contributed by atoms with Gasteiger partial charge in [0.05, 0.1) is 17.1 Å². The Hall–Kier alpha value is -2.21. The van der Waals surface area contributed by atoms with Crippen LogP contribution in [-0.2, 0) is 6.54 Å². The fraction of sp³-hybridized carbons (Fsp3) is 0.333. The van der Waals surface area contributed by atoms with E-state index in [1.807, 2.05) is 38.4 Å². The van der Waals surface area contributed by atoms with Gasteiger partial charge in [0.2, 0.25) is 0 Å². The first kappa shape index (κ1) is 16.6. The number of halogens is 1. The lowest BCUT2D eigenvalue weighted by atomic mass is 10.1. The van der Waals surface area contributed by atoms with Crippen molar-refractivity contribution in [1.29, 1.82) is 0 Å². The predicted octanol–water partition coefficient (Wildman–Crippen LogP) is 4.12. The monoisotopic (exact) mass is 345 g/mol. The molecule has 0 saturated heterocycles. The number of nitrogens with zero attached hydrogens (tertiary/aromatic N) is 2. The Bertz CT molecular complexity index is 888. The standard InChI is InChI=1S/C18H20FN3OS/c1-11-14-9-15(16(23)20-18(2,3)4)24-17(14)22(21-11)10-12-5-7-13(19)8-6-12/h5-9H,10H2,1-4H3,(H,20,23). The summed E-state index contributed by atoms with van der Waals surface area (Å²) in [6, 6.07) is 8.28.